The van der Waals surface area contributed by atoms with Crippen LogP contribution in [-0.4, -0.2) is 50.4 Å². The van der Waals surface area contributed by atoms with Crippen molar-refractivity contribution in [3.8, 4) is 5.75 Å². The summed E-state index contributed by atoms with van der Waals surface area (Å²) >= 11 is 6.51. The zero-order valence-electron chi connectivity index (χ0n) is 18.4. The third-order valence-electron chi connectivity index (χ3n) is 5.15. The molecule has 0 bridgehead atoms. The maximum atomic E-state index is 12.5. The zero-order chi connectivity index (χ0) is 25.2. The minimum atomic E-state index is -4.53. The van der Waals surface area contributed by atoms with Crippen LogP contribution in [0.25, 0.3) is 10.9 Å². The number of carbonyl (C=O) groups excluding carboxylic acids is 1. The number of halogens is 4. The number of anilines is 2. The number of amides is 1. The molecule has 1 atom stereocenters. The molecule has 8 nitrogen and oxygen atoms in total. The molecule has 1 aromatic heterocycles. The molecule has 0 spiro atoms. The number of hydrogen-bond donors (Lipinski definition) is 2. The lowest BCUT2D eigenvalue weighted by molar-refractivity contribution is -0.142. The molecule has 1 aliphatic heterocycles. The fourth-order valence-corrected chi connectivity index (χ4v) is 5.08. The molecule has 1 aliphatic rings. The summed E-state index contributed by atoms with van der Waals surface area (Å²) < 4.78 is 59.6. The van der Waals surface area contributed by atoms with E-state index in [-0.39, 0.29) is 5.75 Å². The molecule has 3 aromatic rings. The predicted molar refractivity (Wildman–Crippen MR) is 128 cm³/mol. The molecule has 186 valence electrons. The van der Waals surface area contributed by atoms with Gasteiger partial charge in [-0.2, -0.15) is 17.5 Å². The van der Waals surface area contributed by atoms with Gasteiger partial charge in [0.1, 0.15) is 24.4 Å². The monoisotopic (exact) mass is 527 g/mol. The third kappa shape index (κ3) is 6.12. The standard InChI is InChI=1S/C22H21ClF3N5O3S/c1-13(21(32)27-11-22(24,25)26)34-18-6-3-2-5-16(18)30-20-19-15(23)9-14(10-17(19)28-12-29-20)31-35(33)7-4-8-35/h2-3,5-6,9-10,12-13H,4,7-8,11H2,1H3,(H,27,32)(H,28,29,30)/t13-/m1/s1. The maximum absolute atomic E-state index is 12.5. The summed E-state index contributed by atoms with van der Waals surface area (Å²) in [4.78, 5) is 20.5. The number of benzene rings is 2. The molecule has 4 rings (SSSR count). The van der Waals surface area contributed by atoms with Gasteiger partial charge < -0.3 is 15.4 Å². The second-order valence-electron chi connectivity index (χ2n) is 7.88. The lowest BCUT2D eigenvalue weighted by Gasteiger charge is -2.19. The van der Waals surface area contributed by atoms with Crippen LogP contribution in [0.5, 0.6) is 5.75 Å². The Morgan fingerprint density at radius 3 is 2.69 bits per heavy atom. The highest BCUT2D eigenvalue weighted by atomic mass is 35.5. The Kier molecular flexibility index (Phi) is 7.04. The van der Waals surface area contributed by atoms with E-state index in [9.17, 15) is 22.2 Å². The van der Waals surface area contributed by atoms with Crippen LogP contribution in [0.1, 0.15) is 13.3 Å². The number of nitrogens with zero attached hydrogens (tertiary/aromatic N) is 3. The lowest BCUT2D eigenvalue weighted by Crippen LogP contribution is -2.41. The fourth-order valence-electron chi connectivity index (χ4n) is 3.33. The van der Waals surface area contributed by atoms with E-state index in [4.69, 9.17) is 16.3 Å². The number of hydrogen-bond acceptors (Lipinski definition) is 7. The van der Waals surface area contributed by atoms with E-state index in [1.807, 2.05) is 0 Å². The first-order valence-electron chi connectivity index (χ1n) is 10.6. The van der Waals surface area contributed by atoms with Gasteiger partial charge in [-0.15, -0.1) is 0 Å². The molecule has 2 heterocycles. The van der Waals surface area contributed by atoms with Crippen LogP contribution in [0, 0.1) is 0 Å². The lowest BCUT2D eigenvalue weighted by atomic mass is 10.2. The van der Waals surface area contributed by atoms with E-state index in [0.29, 0.717) is 44.6 Å². The largest absolute Gasteiger partial charge is 0.479 e. The minimum absolute atomic E-state index is 0.221. The van der Waals surface area contributed by atoms with E-state index in [0.717, 1.165) is 6.42 Å². The smallest absolute Gasteiger partial charge is 0.405 e. The highest BCUT2D eigenvalue weighted by Gasteiger charge is 2.29. The molecule has 2 N–H and O–H groups in total. The van der Waals surface area contributed by atoms with Gasteiger partial charge in [-0.1, -0.05) is 23.7 Å². The normalized spacial score (nSPS) is 15.7. The average molecular weight is 528 g/mol. The third-order valence-corrected chi connectivity index (χ3v) is 7.84. The number of aromatic nitrogens is 2. The van der Waals surface area contributed by atoms with Crippen LogP contribution in [0.3, 0.4) is 0 Å². The number of rotatable bonds is 7. The molecule has 1 amide bonds. The molecule has 1 saturated heterocycles. The van der Waals surface area contributed by atoms with Crippen molar-refractivity contribution in [2.45, 2.75) is 25.6 Å². The van der Waals surface area contributed by atoms with Gasteiger partial charge in [-0.3, -0.25) is 4.79 Å². The molecule has 0 aliphatic carbocycles. The molecule has 0 radical (unpaired) electrons. The Morgan fingerprint density at radius 2 is 2.00 bits per heavy atom. The number of ether oxygens (including phenoxy) is 1. The average Bonchev–Trinajstić information content (AvgIpc) is 2.77. The summed E-state index contributed by atoms with van der Waals surface area (Å²) in [5.74, 6) is 0.766. The van der Waals surface area contributed by atoms with E-state index >= 15 is 0 Å². The van der Waals surface area contributed by atoms with Crippen molar-refractivity contribution in [3.05, 3.63) is 47.7 Å². The highest BCUT2D eigenvalue weighted by molar-refractivity contribution is 7.95. The van der Waals surface area contributed by atoms with Gasteiger partial charge in [0.2, 0.25) is 0 Å². The topological polar surface area (TPSA) is 106 Å². The molecular formula is C22H21ClF3N5O3S. The van der Waals surface area contributed by atoms with Crippen LogP contribution >= 0.6 is 11.6 Å². The van der Waals surface area contributed by atoms with Crippen LogP contribution in [-0.2, 0) is 14.5 Å². The molecule has 2 aromatic carbocycles. The number of carbonyl (C=O) groups is 1. The number of para-hydroxylation sites is 2. The summed E-state index contributed by atoms with van der Waals surface area (Å²) in [5.41, 5.74) is 1.36. The minimum Gasteiger partial charge on any atom is -0.479 e. The first kappa shape index (κ1) is 25.0. The molecule has 0 unspecified atom stereocenters. The Morgan fingerprint density at radius 1 is 1.26 bits per heavy atom. The molecule has 1 fully saturated rings. The van der Waals surface area contributed by atoms with Crippen LogP contribution < -0.4 is 15.4 Å². The Labute approximate surface area is 204 Å². The van der Waals surface area contributed by atoms with Gasteiger partial charge in [-0.25, -0.2) is 14.2 Å². The summed E-state index contributed by atoms with van der Waals surface area (Å²) in [6, 6.07) is 9.85. The van der Waals surface area contributed by atoms with Crippen molar-refractivity contribution >= 4 is 55.3 Å². The maximum Gasteiger partial charge on any atom is 0.405 e. The van der Waals surface area contributed by atoms with Gasteiger partial charge in [0.25, 0.3) is 5.91 Å². The van der Waals surface area contributed by atoms with Crippen molar-refractivity contribution in [3.63, 3.8) is 0 Å². The number of alkyl halides is 3. The molecule has 13 heteroatoms. The summed E-state index contributed by atoms with van der Waals surface area (Å²) in [7, 11) is -2.23. The summed E-state index contributed by atoms with van der Waals surface area (Å²) in [6.45, 7) is -0.106. The quantitative estimate of drug-likeness (QED) is 0.449. The molecule has 35 heavy (non-hydrogen) atoms. The summed E-state index contributed by atoms with van der Waals surface area (Å²) in [5, 5.41) is 5.67. The van der Waals surface area contributed by atoms with Crippen molar-refractivity contribution in [2.24, 2.45) is 4.36 Å². The fraction of sp³-hybridized carbons (Fsp3) is 0.318. The van der Waals surface area contributed by atoms with Gasteiger partial charge in [-0.05, 0) is 37.6 Å². The summed E-state index contributed by atoms with van der Waals surface area (Å²) in [6.07, 6.45) is -3.51. The van der Waals surface area contributed by atoms with Crippen molar-refractivity contribution < 1.29 is 26.9 Å². The van der Waals surface area contributed by atoms with Crippen LogP contribution in [0.2, 0.25) is 5.02 Å². The van der Waals surface area contributed by atoms with Crippen molar-refractivity contribution in [1.29, 1.82) is 0 Å². The van der Waals surface area contributed by atoms with Gasteiger partial charge in [0.15, 0.2) is 6.10 Å². The number of nitrogens with one attached hydrogen (secondary N) is 2. The van der Waals surface area contributed by atoms with Gasteiger partial charge in [0, 0.05) is 11.5 Å². The first-order valence-corrected chi connectivity index (χ1v) is 12.8. The van der Waals surface area contributed by atoms with E-state index in [2.05, 4.69) is 19.6 Å². The molecule has 0 saturated carbocycles. The van der Waals surface area contributed by atoms with E-state index in [1.165, 1.54) is 13.3 Å². The second kappa shape index (κ2) is 9.86. The van der Waals surface area contributed by atoms with Gasteiger partial charge >= 0.3 is 6.18 Å². The SMILES string of the molecule is C[C@@H](Oc1ccccc1Nc1ncnc2cc(N=S3(=O)CCC3)cc(Cl)c12)C(=O)NCC(F)(F)F. The Hall–Kier alpha value is -3.12. The van der Waals surface area contributed by atoms with Crippen molar-refractivity contribution in [2.75, 3.05) is 23.4 Å². The Balaban J connectivity index is 1.58. The zero-order valence-corrected chi connectivity index (χ0v) is 20.0. The number of fused-ring (bicyclic) bond motifs is 1. The predicted octanol–water partition coefficient (Wildman–Crippen LogP) is 4.98. The van der Waals surface area contributed by atoms with E-state index in [1.54, 1.807) is 41.7 Å². The van der Waals surface area contributed by atoms with Crippen LogP contribution in [0.4, 0.5) is 30.4 Å². The second-order valence-corrected chi connectivity index (χ2v) is 10.8. The van der Waals surface area contributed by atoms with Crippen LogP contribution in [0.15, 0.2) is 47.1 Å². The van der Waals surface area contributed by atoms with E-state index < -0.39 is 34.5 Å². The first-order chi connectivity index (χ1) is 16.5. The van der Waals surface area contributed by atoms with Gasteiger partial charge in [0.05, 0.1) is 37.0 Å². The van der Waals surface area contributed by atoms with Crippen molar-refractivity contribution in [1.82, 2.24) is 15.3 Å². The Bertz CT molecular complexity index is 1380. The molecular weight excluding hydrogens is 507 g/mol. The highest BCUT2D eigenvalue weighted by Crippen LogP contribution is 2.36.